The zero-order valence-electron chi connectivity index (χ0n) is 9.74. The van der Waals surface area contributed by atoms with Crippen molar-refractivity contribution in [3.05, 3.63) is 64.4 Å². The molecule has 94 valence electrons. The Hall–Kier alpha value is -1.39. The highest BCUT2D eigenvalue weighted by molar-refractivity contribution is 9.10. The number of anilines is 1. The summed E-state index contributed by atoms with van der Waals surface area (Å²) in [5.41, 5.74) is 7.21. The predicted molar refractivity (Wildman–Crippen MR) is 76.0 cm³/mol. The monoisotopic (exact) mass is 308 g/mol. The molecule has 0 heterocycles. The fraction of sp³-hybridized carbons (Fsp3) is 0.143. The van der Waals surface area contributed by atoms with Crippen molar-refractivity contribution in [3.63, 3.8) is 0 Å². The first kappa shape index (κ1) is 13.1. The van der Waals surface area contributed by atoms with Crippen LogP contribution in [-0.4, -0.2) is 6.54 Å². The molecule has 2 rings (SSSR count). The lowest BCUT2D eigenvalue weighted by molar-refractivity contribution is 0.593. The van der Waals surface area contributed by atoms with Crippen molar-refractivity contribution in [2.24, 2.45) is 5.73 Å². The van der Waals surface area contributed by atoms with Crippen molar-refractivity contribution in [1.82, 2.24) is 0 Å². The van der Waals surface area contributed by atoms with Gasteiger partial charge in [0.2, 0.25) is 0 Å². The highest BCUT2D eigenvalue weighted by Crippen LogP contribution is 2.23. The molecule has 0 radical (unpaired) electrons. The Kier molecular flexibility index (Phi) is 4.33. The molecule has 0 fully saturated rings. The molecule has 0 bridgehead atoms. The molecule has 18 heavy (non-hydrogen) atoms. The molecule has 0 aliphatic heterocycles. The number of hydrogen-bond donors (Lipinski definition) is 2. The Morgan fingerprint density at radius 2 is 1.94 bits per heavy atom. The van der Waals surface area contributed by atoms with E-state index in [9.17, 15) is 4.39 Å². The van der Waals surface area contributed by atoms with Gasteiger partial charge < -0.3 is 11.1 Å². The molecular formula is C14H14BrFN2. The van der Waals surface area contributed by atoms with E-state index in [0.717, 1.165) is 10.2 Å². The first-order valence-electron chi connectivity index (χ1n) is 5.67. The van der Waals surface area contributed by atoms with Gasteiger partial charge in [0.05, 0.1) is 6.04 Å². The molecule has 2 aromatic carbocycles. The van der Waals surface area contributed by atoms with Crippen molar-refractivity contribution in [3.8, 4) is 0 Å². The van der Waals surface area contributed by atoms with Gasteiger partial charge in [0, 0.05) is 22.3 Å². The molecule has 0 aliphatic carbocycles. The minimum absolute atomic E-state index is 0.236. The zero-order valence-corrected chi connectivity index (χ0v) is 11.3. The minimum Gasteiger partial charge on any atom is -0.377 e. The van der Waals surface area contributed by atoms with Crippen LogP contribution < -0.4 is 11.1 Å². The largest absolute Gasteiger partial charge is 0.377 e. The third-order valence-corrected chi connectivity index (χ3v) is 3.18. The zero-order chi connectivity index (χ0) is 13.0. The van der Waals surface area contributed by atoms with E-state index >= 15 is 0 Å². The molecule has 0 saturated carbocycles. The van der Waals surface area contributed by atoms with Crippen molar-refractivity contribution < 1.29 is 4.39 Å². The predicted octanol–water partition coefficient (Wildman–Crippen LogP) is 3.70. The summed E-state index contributed by atoms with van der Waals surface area (Å²) in [6.07, 6.45) is 0. The standard InChI is InChI=1S/C14H14BrFN2/c15-10-4-3-5-11(8-10)18-14(9-17)12-6-1-2-7-13(12)16/h1-8,14,18H,9,17H2. The van der Waals surface area contributed by atoms with Crippen LogP contribution in [-0.2, 0) is 0 Å². The highest BCUT2D eigenvalue weighted by atomic mass is 79.9. The fourth-order valence-corrected chi connectivity index (χ4v) is 2.20. The molecule has 0 spiro atoms. The summed E-state index contributed by atoms with van der Waals surface area (Å²) in [4.78, 5) is 0. The lowest BCUT2D eigenvalue weighted by Crippen LogP contribution is -2.21. The number of nitrogens with two attached hydrogens (primary N) is 1. The van der Waals surface area contributed by atoms with E-state index in [0.29, 0.717) is 12.1 Å². The molecule has 1 atom stereocenters. The van der Waals surface area contributed by atoms with Gasteiger partial charge in [0.15, 0.2) is 0 Å². The smallest absolute Gasteiger partial charge is 0.128 e. The Balaban J connectivity index is 2.23. The van der Waals surface area contributed by atoms with E-state index < -0.39 is 0 Å². The highest BCUT2D eigenvalue weighted by Gasteiger charge is 2.13. The van der Waals surface area contributed by atoms with Crippen molar-refractivity contribution >= 4 is 21.6 Å². The van der Waals surface area contributed by atoms with E-state index in [-0.39, 0.29) is 11.9 Å². The third-order valence-electron chi connectivity index (χ3n) is 2.68. The van der Waals surface area contributed by atoms with Crippen LogP contribution in [0.5, 0.6) is 0 Å². The average molecular weight is 309 g/mol. The van der Waals surface area contributed by atoms with Gasteiger partial charge in [-0.3, -0.25) is 0 Å². The van der Waals surface area contributed by atoms with Crippen LogP contribution in [0.15, 0.2) is 53.0 Å². The van der Waals surface area contributed by atoms with Crippen molar-refractivity contribution in [2.45, 2.75) is 6.04 Å². The number of halogens is 2. The van der Waals surface area contributed by atoms with Gasteiger partial charge in [-0.15, -0.1) is 0 Å². The fourth-order valence-electron chi connectivity index (χ4n) is 1.80. The molecule has 2 aromatic rings. The van der Waals surface area contributed by atoms with Gasteiger partial charge in [-0.1, -0.05) is 40.2 Å². The van der Waals surface area contributed by atoms with Crippen molar-refractivity contribution in [1.29, 1.82) is 0 Å². The van der Waals surface area contributed by atoms with Crippen LogP contribution in [0, 0.1) is 5.82 Å². The maximum atomic E-state index is 13.7. The molecule has 1 unspecified atom stereocenters. The van der Waals surface area contributed by atoms with Crippen LogP contribution in [0.1, 0.15) is 11.6 Å². The van der Waals surface area contributed by atoms with E-state index in [1.54, 1.807) is 12.1 Å². The molecule has 3 N–H and O–H groups in total. The van der Waals surface area contributed by atoms with Crippen molar-refractivity contribution in [2.75, 3.05) is 11.9 Å². The number of hydrogen-bond acceptors (Lipinski definition) is 2. The summed E-state index contributed by atoms with van der Waals surface area (Å²) in [6.45, 7) is 0.327. The van der Waals surface area contributed by atoms with Gasteiger partial charge >= 0.3 is 0 Å². The summed E-state index contributed by atoms with van der Waals surface area (Å²) >= 11 is 3.40. The molecule has 0 aliphatic rings. The summed E-state index contributed by atoms with van der Waals surface area (Å²) in [5, 5.41) is 3.23. The molecule has 0 aromatic heterocycles. The summed E-state index contributed by atoms with van der Waals surface area (Å²) in [5.74, 6) is -0.240. The van der Waals surface area contributed by atoms with Crippen LogP contribution in [0.2, 0.25) is 0 Å². The van der Waals surface area contributed by atoms with E-state index in [4.69, 9.17) is 5.73 Å². The van der Waals surface area contributed by atoms with Gasteiger partial charge in [0.25, 0.3) is 0 Å². The Morgan fingerprint density at radius 1 is 1.17 bits per heavy atom. The van der Waals surface area contributed by atoms with Gasteiger partial charge in [-0.25, -0.2) is 4.39 Å². The quantitative estimate of drug-likeness (QED) is 0.904. The number of nitrogens with one attached hydrogen (secondary N) is 1. The second-order valence-corrected chi connectivity index (χ2v) is 4.88. The number of benzene rings is 2. The first-order valence-corrected chi connectivity index (χ1v) is 6.46. The normalized spacial score (nSPS) is 12.2. The first-order chi connectivity index (χ1) is 8.70. The molecule has 0 amide bonds. The van der Waals surface area contributed by atoms with Crippen LogP contribution in [0.3, 0.4) is 0 Å². The molecular weight excluding hydrogens is 295 g/mol. The van der Waals surface area contributed by atoms with Crippen LogP contribution in [0.4, 0.5) is 10.1 Å². The molecule has 0 saturated heterocycles. The lowest BCUT2D eigenvalue weighted by atomic mass is 10.1. The van der Waals surface area contributed by atoms with Gasteiger partial charge in [-0.2, -0.15) is 0 Å². The van der Waals surface area contributed by atoms with E-state index in [1.807, 2.05) is 30.3 Å². The lowest BCUT2D eigenvalue weighted by Gasteiger charge is -2.19. The average Bonchev–Trinajstić information content (AvgIpc) is 2.37. The summed E-state index contributed by atoms with van der Waals surface area (Å²) < 4.78 is 14.7. The van der Waals surface area contributed by atoms with Gasteiger partial charge in [-0.05, 0) is 24.3 Å². The summed E-state index contributed by atoms with van der Waals surface area (Å²) in [7, 11) is 0. The third kappa shape index (κ3) is 3.09. The van der Waals surface area contributed by atoms with Gasteiger partial charge in [0.1, 0.15) is 5.82 Å². The molecule has 2 nitrogen and oxygen atoms in total. The second kappa shape index (κ2) is 5.98. The Labute approximate surface area is 114 Å². The van der Waals surface area contributed by atoms with Crippen LogP contribution in [0.25, 0.3) is 0 Å². The Bertz CT molecular complexity index is 531. The summed E-state index contributed by atoms with van der Waals surface area (Å²) in [6, 6.07) is 14.2. The second-order valence-electron chi connectivity index (χ2n) is 3.96. The number of rotatable bonds is 4. The topological polar surface area (TPSA) is 38.0 Å². The Morgan fingerprint density at radius 3 is 2.61 bits per heavy atom. The maximum Gasteiger partial charge on any atom is 0.128 e. The van der Waals surface area contributed by atoms with E-state index in [1.165, 1.54) is 6.07 Å². The maximum absolute atomic E-state index is 13.7. The van der Waals surface area contributed by atoms with E-state index in [2.05, 4.69) is 21.2 Å². The SMILES string of the molecule is NCC(Nc1cccc(Br)c1)c1ccccc1F. The van der Waals surface area contributed by atoms with Crippen LogP contribution >= 0.6 is 15.9 Å². The molecule has 4 heteroatoms. The minimum atomic E-state index is -0.240.